The molecule has 2 N–H and O–H groups in total. The first-order valence-corrected chi connectivity index (χ1v) is 9.90. The van der Waals surface area contributed by atoms with Crippen LogP contribution in [0.15, 0.2) is 54.9 Å². The molecule has 4 rings (SSSR count). The lowest BCUT2D eigenvalue weighted by Gasteiger charge is -2.26. The summed E-state index contributed by atoms with van der Waals surface area (Å²) in [5.74, 6) is 0.590. The van der Waals surface area contributed by atoms with E-state index in [-0.39, 0.29) is 5.91 Å². The highest BCUT2D eigenvalue weighted by Gasteiger charge is 2.14. The molecular formula is C22H25N5O2. The van der Waals surface area contributed by atoms with Gasteiger partial charge in [-0.3, -0.25) is 14.7 Å². The van der Waals surface area contributed by atoms with Gasteiger partial charge in [-0.25, -0.2) is 4.98 Å². The molecule has 29 heavy (non-hydrogen) atoms. The number of morpholine rings is 1. The molecule has 0 saturated carbocycles. The Morgan fingerprint density at radius 1 is 1.14 bits per heavy atom. The van der Waals surface area contributed by atoms with Gasteiger partial charge in [0.15, 0.2) is 0 Å². The van der Waals surface area contributed by atoms with Crippen LogP contribution in [-0.2, 0) is 11.3 Å². The Kier molecular flexibility index (Phi) is 6.29. The number of carbonyl (C=O) groups excluding carboxylic acids is 1. The van der Waals surface area contributed by atoms with Crippen molar-refractivity contribution in [3.8, 4) is 0 Å². The predicted octanol–water partition coefficient (Wildman–Crippen LogP) is 2.30. The number of para-hydroxylation sites is 1. The second-order valence-electron chi connectivity index (χ2n) is 7.00. The van der Waals surface area contributed by atoms with Gasteiger partial charge >= 0.3 is 0 Å². The number of hydrogen-bond donors (Lipinski definition) is 2. The number of benzene rings is 1. The van der Waals surface area contributed by atoms with Crippen LogP contribution in [0.2, 0.25) is 0 Å². The lowest BCUT2D eigenvalue weighted by atomic mass is 10.1. The second kappa shape index (κ2) is 9.45. The molecule has 0 unspecified atom stereocenters. The lowest BCUT2D eigenvalue weighted by Crippen LogP contribution is -2.41. The molecule has 1 saturated heterocycles. The molecule has 3 heterocycles. The highest BCUT2D eigenvalue weighted by atomic mass is 16.5. The van der Waals surface area contributed by atoms with Crippen LogP contribution in [-0.4, -0.2) is 60.2 Å². The van der Waals surface area contributed by atoms with Crippen LogP contribution in [0.25, 0.3) is 10.9 Å². The molecule has 1 amide bonds. The lowest BCUT2D eigenvalue weighted by molar-refractivity contribution is 0.0383. The van der Waals surface area contributed by atoms with Crippen molar-refractivity contribution in [2.75, 3.05) is 44.7 Å². The largest absolute Gasteiger partial charge is 0.379 e. The number of rotatable bonds is 7. The Bertz CT molecular complexity index is 958. The van der Waals surface area contributed by atoms with Crippen molar-refractivity contribution < 1.29 is 9.53 Å². The van der Waals surface area contributed by atoms with E-state index in [0.29, 0.717) is 24.5 Å². The number of carbonyl (C=O) groups is 1. The van der Waals surface area contributed by atoms with Crippen LogP contribution in [0.3, 0.4) is 0 Å². The number of aromatic nitrogens is 2. The molecule has 1 aliphatic rings. The summed E-state index contributed by atoms with van der Waals surface area (Å²) in [6.07, 6.45) is 3.56. The van der Waals surface area contributed by atoms with Gasteiger partial charge in [0.2, 0.25) is 0 Å². The van der Waals surface area contributed by atoms with E-state index in [2.05, 4.69) is 25.5 Å². The van der Waals surface area contributed by atoms with Gasteiger partial charge in [0.05, 0.1) is 24.3 Å². The Morgan fingerprint density at radius 3 is 2.83 bits per heavy atom. The second-order valence-corrected chi connectivity index (χ2v) is 7.00. The molecule has 7 heteroatoms. The van der Waals surface area contributed by atoms with E-state index in [1.54, 1.807) is 6.20 Å². The van der Waals surface area contributed by atoms with Crippen LogP contribution in [0.1, 0.15) is 15.9 Å². The van der Waals surface area contributed by atoms with Gasteiger partial charge in [-0.2, -0.15) is 0 Å². The van der Waals surface area contributed by atoms with Gasteiger partial charge in [-0.1, -0.05) is 24.3 Å². The zero-order valence-electron chi connectivity index (χ0n) is 16.3. The van der Waals surface area contributed by atoms with Crippen molar-refractivity contribution in [3.05, 3.63) is 66.0 Å². The maximum atomic E-state index is 12.9. The summed E-state index contributed by atoms with van der Waals surface area (Å²) in [6, 6.07) is 13.4. The molecule has 1 aliphatic heterocycles. The number of nitrogens with one attached hydrogen (secondary N) is 2. The van der Waals surface area contributed by atoms with Crippen LogP contribution in [0.4, 0.5) is 5.82 Å². The van der Waals surface area contributed by atoms with Gasteiger partial charge in [-0.05, 0) is 23.8 Å². The maximum Gasteiger partial charge on any atom is 0.252 e. The number of anilines is 1. The van der Waals surface area contributed by atoms with E-state index in [9.17, 15) is 4.79 Å². The minimum Gasteiger partial charge on any atom is -0.379 e. The summed E-state index contributed by atoms with van der Waals surface area (Å²) in [4.78, 5) is 24.0. The third-order valence-electron chi connectivity index (χ3n) is 4.97. The monoisotopic (exact) mass is 391 g/mol. The van der Waals surface area contributed by atoms with E-state index >= 15 is 0 Å². The zero-order valence-corrected chi connectivity index (χ0v) is 16.3. The van der Waals surface area contributed by atoms with Gasteiger partial charge < -0.3 is 15.4 Å². The fraction of sp³-hybridized carbons (Fsp3) is 0.318. The molecule has 1 aromatic carbocycles. The first kappa shape index (κ1) is 19.3. The number of nitrogens with zero attached hydrogens (tertiary/aromatic N) is 3. The van der Waals surface area contributed by atoms with E-state index in [4.69, 9.17) is 4.74 Å². The van der Waals surface area contributed by atoms with E-state index in [1.807, 2.05) is 48.7 Å². The highest BCUT2D eigenvalue weighted by molar-refractivity contribution is 6.06. The molecule has 0 spiro atoms. The fourth-order valence-electron chi connectivity index (χ4n) is 3.40. The van der Waals surface area contributed by atoms with Crippen molar-refractivity contribution in [1.29, 1.82) is 0 Å². The molecule has 1 fully saturated rings. The van der Waals surface area contributed by atoms with Crippen LogP contribution >= 0.6 is 0 Å². The van der Waals surface area contributed by atoms with Gasteiger partial charge in [0.25, 0.3) is 5.91 Å². The average molecular weight is 391 g/mol. The molecule has 0 aliphatic carbocycles. The smallest absolute Gasteiger partial charge is 0.252 e. The van der Waals surface area contributed by atoms with Crippen molar-refractivity contribution in [1.82, 2.24) is 20.2 Å². The number of ether oxygens (including phenoxy) is 1. The number of fused-ring (bicyclic) bond motifs is 1. The standard InChI is InChI=1S/C22H25N5O2/c28-22(24-8-9-27-10-12-29-13-11-27)19-14-21(25-16-17-4-3-7-23-15-17)26-20-6-2-1-5-18(19)20/h1-7,14-15H,8-13,16H2,(H,24,28)(H,25,26). The average Bonchev–Trinajstić information content (AvgIpc) is 2.78. The molecule has 0 bridgehead atoms. The fourth-order valence-corrected chi connectivity index (χ4v) is 3.40. The summed E-state index contributed by atoms with van der Waals surface area (Å²) in [5.41, 5.74) is 2.48. The molecule has 0 atom stereocenters. The molecule has 0 radical (unpaired) electrons. The maximum absolute atomic E-state index is 12.9. The molecule has 150 valence electrons. The topological polar surface area (TPSA) is 79.4 Å². The molecular weight excluding hydrogens is 366 g/mol. The summed E-state index contributed by atoms with van der Waals surface area (Å²) >= 11 is 0. The summed E-state index contributed by atoms with van der Waals surface area (Å²) in [7, 11) is 0. The Balaban J connectivity index is 1.46. The molecule has 3 aromatic rings. The molecule has 2 aromatic heterocycles. The third kappa shape index (κ3) is 5.07. The summed E-state index contributed by atoms with van der Waals surface area (Å²) in [6.45, 7) is 5.37. The summed E-state index contributed by atoms with van der Waals surface area (Å²) < 4.78 is 5.37. The van der Waals surface area contributed by atoms with Crippen molar-refractivity contribution in [2.45, 2.75) is 6.54 Å². The van der Waals surface area contributed by atoms with Crippen molar-refractivity contribution in [2.24, 2.45) is 0 Å². The first-order valence-electron chi connectivity index (χ1n) is 9.90. The van der Waals surface area contributed by atoms with Crippen LogP contribution in [0.5, 0.6) is 0 Å². The minimum absolute atomic E-state index is 0.0821. The summed E-state index contributed by atoms with van der Waals surface area (Å²) in [5, 5.41) is 7.21. The Morgan fingerprint density at radius 2 is 2.00 bits per heavy atom. The number of amides is 1. The number of hydrogen-bond acceptors (Lipinski definition) is 6. The van der Waals surface area contributed by atoms with Crippen molar-refractivity contribution in [3.63, 3.8) is 0 Å². The van der Waals surface area contributed by atoms with Crippen LogP contribution in [0, 0.1) is 0 Å². The van der Waals surface area contributed by atoms with Gasteiger partial charge in [0.1, 0.15) is 5.82 Å². The van der Waals surface area contributed by atoms with Crippen LogP contribution < -0.4 is 10.6 Å². The van der Waals surface area contributed by atoms with Gasteiger partial charge in [0, 0.05) is 50.5 Å². The zero-order chi connectivity index (χ0) is 19.9. The predicted molar refractivity (Wildman–Crippen MR) is 113 cm³/mol. The Hall–Kier alpha value is -3.03. The minimum atomic E-state index is -0.0821. The van der Waals surface area contributed by atoms with E-state index in [0.717, 1.165) is 49.3 Å². The van der Waals surface area contributed by atoms with E-state index in [1.165, 1.54) is 0 Å². The Labute approximate surface area is 170 Å². The van der Waals surface area contributed by atoms with Crippen molar-refractivity contribution >= 4 is 22.6 Å². The van der Waals surface area contributed by atoms with E-state index < -0.39 is 0 Å². The first-order chi connectivity index (χ1) is 14.3. The normalized spacial score (nSPS) is 14.6. The third-order valence-corrected chi connectivity index (χ3v) is 4.97. The SMILES string of the molecule is O=C(NCCN1CCOCC1)c1cc(NCc2cccnc2)nc2ccccc12. The molecule has 7 nitrogen and oxygen atoms in total. The number of pyridine rings is 2. The highest BCUT2D eigenvalue weighted by Crippen LogP contribution is 2.21. The quantitative estimate of drug-likeness (QED) is 0.643. The van der Waals surface area contributed by atoms with Gasteiger partial charge in [-0.15, -0.1) is 0 Å².